The molecule has 0 radical (unpaired) electrons. The second kappa shape index (κ2) is 3.96. The average Bonchev–Trinajstić information content (AvgIpc) is 2.40. The molecular weight excluding hydrogens is 181 g/mol. The third-order valence-corrected chi connectivity index (χ3v) is 2.48. The molecule has 3 heteroatoms. The number of hydrogen-bond acceptors (Lipinski definition) is 2. The van der Waals surface area contributed by atoms with Crippen molar-refractivity contribution in [1.29, 1.82) is 0 Å². The lowest BCUT2D eigenvalue weighted by molar-refractivity contribution is 0.193. The van der Waals surface area contributed by atoms with E-state index in [4.69, 9.17) is 4.74 Å². The first-order chi connectivity index (χ1) is 6.81. The summed E-state index contributed by atoms with van der Waals surface area (Å²) in [5.41, 5.74) is 0.904. The van der Waals surface area contributed by atoms with Crippen molar-refractivity contribution in [2.24, 2.45) is 0 Å². The second-order valence-electron chi connectivity index (χ2n) is 3.51. The van der Waals surface area contributed by atoms with Gasteiger partial charge in [-0.1, -0.05) is 19.1 Å². The van der Waals surface area contributed by atoms with Gasteiger partial charge in [-0.25, -0.2) is 4.39 Å². The fraction of sp³-hybridized carbons (Fsp3) is 0.455. The number of para-hydroxylation sites is 1. The Hall–Kier alpha value is -1.09. The van der Waals surface area contributed by atoms with E-state index in [0.717, 1.165) is 18.5 Å². The van der Waals surface area contributed by atoms with E-state index in [-0.39, 0.29) is 11.9 Å². The molecule has 2 rings (SSSR count). The number of ether oxygens (including phenoxy) is 1. The van der Waals surface area contributed by atoms with E-state index in [2.05, 4.69) is 5.32 Å². The van der Waals surface area contributed by atoms with E-state index in [9.17, 15) is 4.39 Å². The number of benzene rings is 1. The first-order valence-corrected chi connectivity index (χ1v) is 4.96. The molecule has 0 aromatic heterocycles. The number of hydrogen-bond donors (Lipinski definition) is 1. The van der Waals surface area contributed by atoms with E-state index in [1.165, 1.54) is 6.07 Å². The minimum absolute atomic E-state index is 0.0770. The maximum atomic E-state index is 13.4. The van der Waals surface area contributed by atoms with Crippen molar-refractivity contribution in [2.45, 2.75) is 26.0 Å². The smallest absolute Gasteiger partial charge is 0.165 e. The third-order valence-electron chi connectivity index (χ3n) is 2.48. The molecule has 0 fully saturated rings. The van der Waals surface area contributed by atoms with E-state index in [1.807, 2.05) is 13.0 Å². The van der Waals surface area contributed by atoms with Crippen LogP contribution in [0.15, 0.2) is 18.2 Å². The summed E-state index contributed by atoms with van der Waals surface area (Å²) in [6.45, 7) is 3.51. The molecule has 1 unspecified atom stereocenters. The van der Waals surface area contributed by atoms with Crippen molar-refractivity contribution in [1.82, 2.24) is 5.32 Å². The minimum atomic E-state index is -0.260. The van der Waals surface area contributed by atoms with Crippen LogP contribution in [0, 0.1) is 5.82 Å². The fourth-order valence-electron chi connectivity index (χ4n) is 1.63. The maximum Gasteiger partial charge on any atom is 0.165 e. The van der Waals surface area contributed by atoms with Gasteiger partial charge in [-0.3, -0.25) is 0 Å². The Morgan fingerprint density at radius 3 is 3.21 bits per heavy atom. The van der Waals surface area contributed by atoms with Crippen LogP contribution >= 0.6 is 0 Å². The Morgan fingerprint density at radius 1 is 1.57 bits per heavy atom. The van der Waals surface area contributed by atoms with Crippen molar-refractivity contribution in [3.63, 3.8) is 0 Å². The van der Waals surface area contributed by atoms with Gasteiger partial charge in [-0.2, -0.15) is 0 Å². The molecule has 0 aliphatic carbocycles. The standard InChI is InChI=1S/C11H14FNO/c1-2-9-7-13-6-8-4-3-5-10(12)11(8)14-9/h3-5,9,13H,2,6-7H2,1H3. The van der Waals surface area contributed by atoms with Gasteiger partial charge < -0.3 is 10.1 Å². The zero-order valence-corrected chi connectivity index (χ0v) is 8.22. The number of fused-ring (bicyclic) bond motifs is 1. The summed E-state index contributed by atoms with van der Waals surface area (Å²) in [6, 6.07) is 5.05. The summed E-state index contributed by atoms with van der Waals surface area (Å²) < 4.78 is 19.0. The number of rotatable bonds is 1. The summed E-state index contributed by atoms with van der Waals surface area (Å²) in [6.07, 6.45) is 0.967. The predicted octanol–water partition coefficient (Wildman–Crippen LogP) is 2.09. The second-order valence-corrected chi connectivity index (χ2v) is 3.51. The summed E-state index contributed by atoms with van der Waals surface area (Å²) >= 11 is 0. The third kappa shape index (κ3) is 1.73. The molecule has 1 aliphatic rings. The molecule has 14 heavy (non-hydrogen) atoms. The van der Waals surface area contributed by atoms with Gasteiger partial charge in [0.05, 0.1) is 0 Å². The fourth-order valence-corrected chi connectivity index (χ4v) is 1.63. The van der Waals surface area contributed by atoms with E-state index in [1.54, 1.807) is 6.07 Å². The number of halogens is 1. The van der Waals surface area contributed by atoms with Crippen LogP contribution in [0.4, 0.5) is 4.39 Å². The Morgan fingerprint density at radius 2 is 2.43 bits per heavy atom. The summed E-state index contributed by atoms with van der Waals surface area (Å²) in [4.78, 5) is 0. The Kier molecular flexibility index (Phi) is 2.68. The molecule has 1 heterocycles. The van der Waals surface area contributed by atoms with E-state index in [0.29, 0.717) is 12.3 Å². The van der Waals surface area contributed by atoms with Crippen molar-refractivity contribution in [3.05, 3.63) is 29.6 Å². The molecule has 0 saturated heterocycles. The van der Waals surface area contributed by atoms with E-state index < -0.39 is 0 Å². The van der Waals surface area contributed by atoms with Crippen LogP contribution in [0.25, 0.3) is 0 Å². The SMILES string of the molecule is CCC1CNCc2cccc(F)c2O1. The zero-order chi connectivity index (χ0) is 9.97. The molecule has 2 nitrogen and oxygen atoms in total. The molecule has 1 atom stereocenters. The molecule has 0 amide bonds. The van der Waals surface area contributed by atoms with Gasteiger partial charge in [0.2, 0.25) is 0 Å². The summed E-state index contributed by atoms with van der Waals surface area (Å²) in [5, 5.41) is 3.24. The van der Waals surface area contributed by atoms with Crippen LogP contribution in [0.5, 0.6) is 5.75 Å². The van der Waals surface area contributed by atoms with Gasteiger partial charge in [0.1, 0.15) is 6.10 Å². The monoisotopic (exact) mass is 195 g/mol. The molecule has 0 spiro atoms. The predicted molar refractivity (Wildman–Crippen MR) is 52.8 cm³/mol. The highest BCUT2D eigenvalue weighted by Crippen LogP contribution is 2.25. The molecule has 1 N–H and O–H groups in total. The van der Waals surface area contributed by atoms with Crippen LogP contribution in [-0.4, -0.2) is 12.6 Å². The van der Waals surface area contributed by atoms with Crippen molar-refractivity contribution in [3.8, 4) is 5.75 Å². The zero-order valence-electron chi connectivity index (χ0n) is 8.22. The first-order valence-electron chi connectivity index (χ1n) is 4.96. The van der Waals surface area contributed by atoms with Gasteiger partial charge >= 0.3 is 0 Å². The van der Waals surface area contributed by atoms with Gasteiger partial charge in [0.25, 0.3) is 0 Å². The lowest BCUT2D eigenvalue weighted by atomic mass is 10.2. The van der Waals surface area contributed by atoms with Crippen LogP contribution in [-0.2, 0) is 6.54 Å². The highest BCUT2D eigenvalue weighted by atomic mass is 19.1. The lowest BCUT2D eigenvalue weighted by Crippen LogP contribution is -2.27. The molecule has 0 bridgehead atoms. The lowest BCUT2D eigenvalue weighted by Gasteiger charge is -2.15. The largest absolute Gasteiger partial charge is 0.486 e. The van der Waals surface area contributed by atoms with Gasteiger partial charge in [0.15, 0.2) is 11.6 Å². The minimum Gasteiger partial charge on any atom is -0.486 e. The van der Waals surface area contributed by atoms with Crippen molar-refractivity contribution >= 4 is 0 Å². The normalized spacial score (nSPS) is 20.9. The first kappa shape index (κ1) is 9.46. The quantitative estimate of drug-likeness (QED) is 0.740. The molecule has 0 saturated carbocycles. The molecule has 1 aliphatic heterocycles. The molecule has 1 aromatic carbocycles. The Labute approximate surface area is 83.1 Å². The topological polar surface area (TPSA) is 21.3 Å². The van der Waals surface area contributed by atoms with Crippen molar-refractivity contribution < 1.29 is 9.13 Å². The highest BCUT2D eigenvalue weighted by Gasteiger charge is 2.18. The number of nitrogens with one attached hydrogen (secondary N) is 1. The van der Waals surface area contributed by atoms with Crippen LogP contribution in [0.3, 0.4) is 0 Å². The Bertz CT molecular complexity index is 327. The van der Waals surface area contributed by atoms with Gasteiger partial charge in [0, 0.05) is 18.7 Å². The Balaban J connectivity index is 2.33. The van der Waals surface area contributed by atoms with Gasteiger partial charge in [-0.05, 0) is 12.5 Å². The van der Waals surface area contributed by atoms with Crippen LogP contribution in [0.1, 0.15) is 18.9 Å². The molecule has 76 valence electrons. The maximum absolute atomic E-state index is 13.4. The van der Waals surface area contributed by atoms with Crippen LogP contribution in [0.2, 0.25) is 0 Å². The molecule has 1 aromatic rings. The van der Waals surface area contributed by atoms with E-state index >= 15 is 0 Å². The average molecular weight is 195 g/mol. The summed E-state index contributed by atoms with van der Waals surface area (Å²) in [7, 11) is 0. The van der Waals surface area contributed by atoms with Gasteiger partial charge in [-0.15, -0.1) is 0 Å². The summed E-state index contributed by atoms with van der Waals surface area (Å²) in [5.74, 6) is 0.161. The van der Waals surface area contributed by atoms with Crippen molar-refractivity contribution in [2.75, 3.05) is 6.54 Å². The molecular formula is C11H14FNO. The van der Waals surface area contributed by atoms with Crippen LogP contribution < -0.4 is 10.1 Å². The highest BCUT2D eigenvalue weighted by molar-refractivity contribution is 5.35.